The first-order valence-corrected chi connectivity index (χ1v) is 8.28. The Morgan fingerprint density at radius 3 is 2.41 bits per heavy atom. The quantitative estimate of drug-likeness (QED) is 0.450. The van der Waals surface area contributed by atoms with Gasteiger partial charge in [0.2, 0.25) is 0 Å². The van der Waals surface area contributed by atoms with Crippen molar-refractivity contribution >= 4 is 28.4 Å². The van der Waals surface area contributed by atoms with E-state index in [1.165, 1.54) is 25.3 Å². The fourth-order valence-electron chi connectivity index (χ4n) is 2.75. The van der Waals surface area contributed by atoms with E-state index in [-0.39, 0.29) is 34.3 Å². The molecule has 0 aliphatic heterocycles. The van der Waals surface area contributed by atoms with Gasteiger partial charge in [-0.1, -0.05) is 12.1 Å². The number of nitrogens with one attached hydrogen (secondary N) is 3. The molecule has 10 heteroatoms. The highest BCUT2D eigenvalue weighted by molar-refractivity contribution is 6.40. The van der Waals surface area contributed by atoms with Crippen molar-refractivity contribution in [2.24, 2.45) is 0 Å². The minimum Gasteiger partial charge on any atom is -0.359 e. The number of halogens is 5. The molecule has 0 unspecified atom stereocenters. The van der Waals surface area contributed by atoms with E-state index in [4.69, 9.17) is 0 Å². The first-order chi connectivity index (χ1) is 13.6. The predicted octanol–water partition coefficient (Wildman–Crippen LogP) is 4.03. The number of fused-ring (bicyclic) bond motifs is 1. The van der Waals surface area contributed by atoms with E-state index in [0.29, 0.717) is 0 Å². The molecule has 0 aliphatic carbocycles. The molecule has 0 atom stereocenters. The van der Waals surface area contributed by atoms with E-state index in [0.717, 1.165) is 18.2 Å². The van der Waals surface area contributed by atoms with Crippen molar-refractivity contribution in [3.8, 4) is 0 Å². The van der Waals surface area contributed by atoms with Gasteiger partial charge in [-0.15, -0.1) is 0 Å². The van der Waals surface area contributed by atoms with Crippen LogP contribution in [0.4, 0.5) is 27.6 Å². The number of alkyl halides is 3. The van der Waals surface area contributed by atoms with Gasteiger partial charge in [-0.25, -0.2) is 8.78 Å². The maximum absolute atomic E-state index is 13.4. The van der Waals surface area contributed by atoms with Crippen molar-refractivity contribution in [2.45, 2.75) is 19.6 Å². The monoisotopic (exact) mass is 411 g/mol. The minimum atomic E-state index is -4.54. The fraction of sp³-hybridized carbons (Fsp3) is 0.158. The SMILES string of the molecule is Cc1ccc(CNC(=O)C(=O)Nc2c[nH]c3cc(F)c(F)cc23)cc1C(F)(F)F. The molecule has 0 aliphatic rings. The van der Waals surface area contributed by atoms with Crippen LogP contribution in [-0.4, -0.2) is 16.8 Å². The Morgan fingerprint density at radius 1 is 1.03 bits per heavy atom. The van der Waals surface area contributed by atoms with E-state index in [1.54, 1.807) is 0 Å². The van der Waals surface area contributed by atoms with Gasteiger partial charge >= 0.3 is 18.0 Å². The average molecular weight is 411 g/mol. The van der Waals surface area contributed by atoms with Gasteiger partial charge in [0.25, 0.3) is 0 Å². The molecule has 29 heavy (non-hydrogen) atoms. The number of aromatic nitrogens is 1. The number of amides is 2. The molecule has 0 fully saturated rings. The Labute approximate surface area is 160 Å². The molecule has 0 spiro atoms. The molecule has 2 aromatic carbocycles. The first-order valence-electron chi connectivity index (χ1n) is 8.28. The summed E-state index contributed by atoms with van der Waals surface area (Å²) in [6.07, 6.45) is -3.28. The van der Waals surface area contributed by atoms with Crippen LogP contribution in [0.1, 0.15) is 16.7 Å². The Kier molecular flexibility index (Phi) is 5.27. The van der Waals surface area contributed by atoms with Crippen molar-refractivity contribution < 1.29 is 31.5 Å². The molecule has 0 radical (unpaired) electrons. The van der Waals surface area contributed by atoms with Gasteiger partial charge < -0.3 is 15.6 Å². The zero-order valence-corrected chi connectivity index (χ0v) is 14.9. The second-order valence-electron chi connectivity index (χ2n) is 6.30. The lowest BCUT2D eigenvalue weighted by molar-refractivity contribution is -0.138. The van der Waals surface area contributed by atoms with Crippen LogP contribution in [0.15, 0.2) is 36.5 Å². The van der Waals surface area contributed by atoms with Crippen molar-refractivity contribution in [3.63, 3.8) is 0 Å². The highest BCUT2D eigenvalue weighted by Crippen LogP contribution is 2.32. The molecular weight excluding hydrogens is 397 g/mol. The number of carbonyl (C=O) groups excluding carboxylic acids is 2. The molecule has 2 amide bonds. The standard InChI is InChI=1S/C19H14F5N3O2/c1-9-2-3-10(4-12(9)19(22,23)24)7-26-17(28)18(29)27-16-8-25-15-6-14(21)13(20)5-11(15)16/h2-6,8,25H,7H2,1H3,(H,26,28)(H,27,29). The maximum Gasteiger partial charge on any atom is 0.416 e. The average Bonchev–Trinajstić information content (AvgIpc) is 3.01. The summed E-state index contributed by atoms with van der Waals surface area (Å²) >= 11 is 0. The zero-order chi connectivity index (χ0) is 21.3. The topological polar surface area (TPSA) is 74.0 Å². The molecule has 152 valence electrons. The molecule has 1 heterocycles. The van der Waals surface area contributed by atoms with Crippen molar-refractivity contribution in [1.82, 2.24) is 10.3 Å². The number of H-pyrrole nitrogens is 1. The van der Waals surface area contributed by atoms with Crippen molar-refractivity contribution in [3.05, 3.63) is 64.9 Å². The molecule has 3 N–H and O–H groups in total. The lowest BCUT2D eigenvalue weighted by Crippen LogP contribution is -2.35. The Balaban J connectivity index is 1.68. The molecule has 0 saturated heterocycles. The van der Waals surface area contributed by atoms with E-state index >= 15 is 0 Å². The fourth-order valence-corrected chi connectivity index (χ4v) is 2.75. The van der Waals surface area contributed by atoms with Crippen LogP contribution in [0.2, 0.25) is 0 Å². The molecule has 3 aromatic rings. The normalized spacial score (nSPS) is 11.5. The molecule has 1 aromatic heterocycles. The van der Waals surface area contributed by atoms with Gasteiger partial charge in [-0.3, -0.25) is 9.59 Å². The third kappa shape index (κ3) is 4.36. The van der Waals surface area contributed by atoms with Gasteiger partial charge in [-0.05, 0) is 30.2 Å². The van der Waals surface area contributed by atoms with Crippen LogP contribution in [-0.2, 0) is 22.3 Å². The third-order valence-corrected chi connectivity index (χ3v) is 4.24. The van der Waals surface area contributed by atoms with Crippen LogP contribution in [0.25, 0.3) is 10.9 Å². The van der Waals surface area contributed by atoms with Gasteiger partial charge in [0.05, 0.1) is 16.8 Å². The van der Waals surface area contributed by atoms with Gasteiger partial charge in [0.1, 0.15) is 0 Å². The summed E-state index contributed by atoms with van der Waals surface area (Å²) in [5, 5.41) is 4.61. The summed E-state index contributed by atoms with van der Waals surface area (Å²) in [7, 11) is 0. The molecule has 3 rings (SSSR count). The van der Waals surface area contributed by atoms with Crippen LogP contribution in [0, 0.1) is 18.6 Å². The molecule has 5 nitrogen and oxygen atoms in total. The summed E-state index contributed by atoms with van der Waals surface area (Å²) in [5.41, 5.74) is -0.378. The molecular formula is C19H14F5N3O2. The predicted molar refractivity (Wildman–Crippen MR) is 94.9 cm³/mol. The number of hydrogen-bond donors (Lipinski definition) is 3. The number of rotatable bonds is 3. The van der Waals surface area contributed by atoms with E-state index in [9.17, 15) is 31.5 Å². The number of aromatic amines is 1. The van der Waals surface area contributed by atoms with Gasteiger partial charge in [0.15, 0.2) is 11.6 Å². The largest absolute Gasteiger partial charge is 0.416 e. The molecule has 0 saturated carbocycles. The summed E-state index contributed by atoms with van der Waals surface area (Å²) in [6.45, 7) is 1.01. The van der Waals surface area contributed by atoms with Gasteiger partial charge in [0, 0.05) is 24.2 Å². The first kappa shape index (κ1) is 20.3. The van der Waals surface area contributed by atoms with E-state index in [2.05, 4.69) is 15.6 Å². The summed E-state index contributed by atoms with van der Waals surface area (Å²) in [4.78, 5) is 26.6. The second kappa shape index (κ2) is 7.53. The van der Waals surface area contributed by atoms with Crippen LogP contribution < -0.4 is 10.6 Å². The number of carbonyl (C=O) groups is 2. The van der Waals surface area contributed by atoms with E-state index in [1.807, 2.05) is 0 Å². The number of benzene rings is 2. The lowest BCUT2D eigenvalue weighted by atomic mass is 10.0. The summed E-state index contributed by atoms with van der Waals surface area (Å²) < 4.78 is 65.4. The van der Waals surface area contributed by atoms with Crippen LogP contribution in [0.3, 0.4) is 0 Å². The highest BCUT2D eigenvalue weighted by atomic mass is 19.4. The lowest BCUT2D eigenvalue weighted by Gasteiger charge is -2.12. The smallest absolute Gasteiger partial charge is 0.359 e. The van der Waals surface area contributed by atoms with E-state index < -0.39 is 35.2 Å². The summed E-state index contributed by atoms with van der Waals surface area (Å²) in [6, 6.07) is 5.32. The Bertz CT molecular complexity index is 1110. The minimum absolute atomic E-state index is 0.0355. The Morgan fingerprint density at radius 2 is 1.72 bits per heavy atom. The van der Waals surface area contributed by atoms with Gasteiger partial charge in [-0.2, -0.15) is 13.2 Å². The number of hydrogen-bond acceptors (Lipinski definition) is 2. The van der Waals surface area contributed by atoms with Crippen molar-refractivity contribution in [1.29, 1.82) is 0 Å². The zero-order valence-electron chi connectivity index (χ0n) is 14.9. The second-order valence-corrected chi connectivity index (χ2v) is 6.30. The third-order valence-electron chi connectivity index (χ3n) is 4.24. The summed E-state index contributed by atoms with van der Waals surface area (Å²) in [5.74, 6) is -4.42. The Hall–Kier alpha value is -3.43. The van der Waals surface area contributed by atoms with Crippen LogP contribution >= 0.6 is 0 Å². The maximum atomic E-state index is 13.4. The highest BCUT2D eigenvalue weighted by Gasteiger charge is 2.32. The van der Waals surface area contributed by atoms with Crippen molar-refractivity contribution in [2.75, 3.05) is 5.32 Å². The number of anilines is 1. The van der Waals surface area contributed by atoms with Crippen LogP contribution in [0.5, 0.6) is 0 Å². The molecule has 0 bridgehead atoms. The number of aryl methyl sites for hydroxylation is 1.